The van der Waals surface area contributed by atoms with Gasteiger partial charge in [0.25, 0.3) is 0 Å². The molecule has 0 atom stereocenters. The van der Waals surface area contributed by atoms with E-state index in [1.54, 1.807) is 0 Å². The Labute approximate surface area is 91.2 Å². The van der Waals surface area contributed by atoms with Gasteiger partial charge in [0.15, 0.2) is 11.6 Å². The van der Waals surface area contributed by atoms with Crippen molar-refractivity contribution < 1.29 is 13.5 Å². The predicted molar refractivity (Wildman–Crippen MR) is 53.3 cm³/mol. The van der Waals surface area contributed by atoms with Gasteiger partial charge in [-0.3, -0.25) is 0 Å². The van der Waals surface area contributed by atoms with Crippen molar-refractivity contribution in [1.82, 2.24) is 5.32 Å². The van der Waals surface area contributed by atoms with Crippen molar-refractivity contribution in [2.45, 2.75) is 12.5 Å². The number of ether oxygens (including phenoxy) is 1. The van der Waals surface area contributed by atoms with Crippen molar-refractivity contribution >= 4 is 11.6 Å². The summed E-state index contributed by atoms with van der Waals surface area (Å²) in [5.41, 5.74) is -0.502. The van der Waals surface area contributed by atoms with E-state index in [0.717, 1.165) is 12.1 Å². The van der Waals surface area contributed by atoms with E-state index in [4.69, 9.17) is 16.3 Å². The van der Waals surface area contributed by atoms with Crippen LogP contribution in [-0.4, -0.2) is 18.7 Å². The van der Waals surface area contributed by atoms with Gasteiger partial charge >= 0.3 is 0 Å². The number of hydrogen-bond donors (Lipinski definition) is 1. The zero-order chi connectivity index (χ0) is 11.1. The fourth-order valence-electron chi connectivity index (χ4n) is 1.40. The first kappa shape index (κ1) is 10.6. The van der Waals surface area contributed by atoms with Gasteiger partial charge in [0.1, 0.15) is 16.4 Å². The number of hydrogen-bond acceptors (Lipinski definition) is 2. The van der Waals surface area contributed by atoms with Crippen LogP contribution in [0, 0.1) is 11.6 Å². The third-order valence-electron chi connectivity index (χ3n) is 2.35. The maximum absolute atomic E-state index is 13.3. The Morgan fingerprint density at radius 3 is 2.47 bits per heavy atom. The molecule has 2 rings (SSSR count). The Bertz CT molecular complexity index is 393. The molecule has 1 N–H and O–H groups in total. The minimum absolute atomic E-state index is 0.208. The monoisotopic (exact) mass is 233 g/mol. The second-order valence-electron chi connectivity index (χ2n) is 3.83. The summed E-state index contributed by atoms with van der Waals surface area (Å²) >= 11 is 5.63. The van der Waals surface area contributed by atoms with Crippen LogP contribution in [0.1, 0.15) is 6.92 Å². The van der Waals surface area contributed by atoms with Crippen molar-refractivity contribution in [1.29, 1.82) is 0 Å². The Morgan fingerprint density at radius 1 is 1.33 bits per heavy atom. The molecule has 1 aliphatic heterocycles. The molecule has 0 aromatic heterocycles. The Hall–Kier alpha value is -0.870. The van der Waals surface area contributed by atoms with Crippen LogP contribution in [0.25, 0.3) is 0 Å². The average Bonchev–Trinajstić information content (AvgIpc) is 2.16. The van der Waals surface area contributed by atoms with E-state index >= 15 is 0 Å². The van der Waals surface area contributed by atoms with Crippen LogP contribution in [0.2, 0.25) is 5.02 Å². The van der Waals surface area contributed by atoms with Gasteiger partial charge in [0.05, 0.1) is 0 Å². The highest BCUT2D eigenvalue weighted by Gasteiger charge is 2.35. The van der Waals surface area contributed by atoms with Crippen molar-refractivity contribution in [2.24, 2.45) is 0 Å². The molecular formula is C10H10ClF2NO. The highest BCUT2D eigenvalue weighted by molar-refractivity contribution is 6.32. The van der Waals surface area contributed by atoms with Crippen LogP contribution in [-0.2, 0) is 0 Å². The SMILES string of the molecule is CC1(Oc2c(F)ccc(F)c2Cl)CNC1. The smallest absolute Gasteiger partial charge is 0.177 e. The predicted octanol–water partition coefficient (Wildman–Crippen LogP) is 2.36. The largest absolute Gasteiger partial charge is 0.480 e. The van der Waals surface area contributed by atoms with Crippen LogP contribution in [0.3, 0.4) is 0 Å². The van der Waals surface area contributed by atoms with Gasteiger partial charge in [0, 0.05) is 13.1 Å². The normalized spacial score (nSPS) is 18.4. The molecule has 1 aromatic rings. The first-order valence-corrected chi connectivity index (χ1v) is 4.93. The lowest BCUT2D eigenvalue weighted by Crippen LogP contribution is -2.61. The number of rotatable bonds is 2. The van der Waals surface area contributed by atoms with E-state index in [0.29, 0.717) is 13.1 Å². The molecule has 2 nitrogen and oxygen atoms in total. The lowest BCUT2D eigenvalue weighted by Gasteiger charge is -2.39. The molecular weight excluding hydrogens is 224 g/mol. The van der Waals surface area contributed by atoms with Gasteiger partial charge in [-0.05, 0) is 19.1 Å². The molecule has 1 aliphatic rings. The summed E-state index contributed by atoms with van der Waals surface area (Å²) in [6.45, 7) is 3.00. The van der Waals surface area contributed by atoms with E-state index in [1.807, 2.05) is 6.92 Å². The fraction of sp³-hybridized carbons (Fsp3) is 0.400. The molecule has 0 unspecified atom stereocenters. The van der Waals surface area contributed by atoms with Crippen LogP contribution >= 0.6 is 11.6 Å². The fourth-order valence-corrected chi connectivity index (χ4v) is 1.59. The van der Waals surface area contributed by atoms with Crippen LogP contribution in [0.4, 0.5) is 8.78 Å². The maximum Gasteiger partial charge on any atom is 0.177 e. The minimum Gasteiger partial charge on any atom is -0.480 e. The van der Waals surface area contributed by atoms with Crippen LogP contribution in [0.15, 0.2) is 12.1 Å². The first-order valence-electron chi connectivity index (χ1n) is 4.55. The zero-order valence-corrected chi connectivity index (χ0v) is 8.87. The van der Waals surface area contributed by atoms with E-state index < -0.39 is 17.2 Å². The molecule has 0 radical (unpaired) electrons. The molecule has 82 valence electrons. The summed E-state index contributed by atoms with van der Waals surface area (Å²) in [7, 11) is 0. The van der Waals surface area contributed by atoms with Gasteiger partial charge in [-0.1, -0.05) is 11.6 Å². The first-order chi connectivity index (χ1) is 7.02. The Kier molecular flexibility index (Phi) is 2.56. The number of halogens is 3. The van der Waals surface area contributed by atoms with Gasteiger partial charge in [-0.25, -0.2) is 8.78 Å². The van der Waals surface area contributed by atoms with Crippen molar-refractivity contribution in [3.63, 3.8) is 0 Å². The zero-order valence-electron chi connectivity index (χ0n) is 8.11. The summed E-state index contributed by atoms with van der Waals surface area (Å²) in [5, 5.41) is 2.69. The highest BCUT2D eigenvalue weighted by Crippen LogP contribution is 2.33. The second-order valence-corrected chi connectivity index (χ2v) is 4.21. The topological polar surface area (TPSA) is 21.3 Å². The van der Waals surface area contributed by atoms with Gasteiger partial charge in [0.2, 0.25) is 0 Å². The molecule has 1 heterocycles. The van der Waals surface area contributed by atoms with E-state index in [2.05, 4.69) is 5.32 Å². The molecule has 1 saturated heterocycles. The van der Waals surface area contributed by atoms with Gasteiger partial charge < -0.3 is 10.1 Å². The van der Waals surface area contributed by atoms with Gasteiger partial charge in [-0.15, -0.1) is 0 Å². The third kappa shape index (κ3) is 1.92. The number of benzene rings is 1. The minimum atomic E-state index is -0.677. The van der Waals surface area contributed by atoms with Crippen molar-refractivity contribution in [3.05, 3.63) is 28.8 Å². The van der Waals surface area contributed by atoms with Gasteiger partial charge in [-0.2, -0.15) is 0 Å². The second kappa shape index (κ2) is 3.61. The quantitative estimate of drug-likeness (QED) is 0.792. The molecule has 0 bridgehead atoms. The van der Waals surface area contributed by atoms with E-state index in [-0.39, 0.29) is 10.8 Å². The van der Waals surface area contributed by atoms with Crippen LogP contribution < -0.4 is 10.1 Å². The molecule has 1 aromatic carbocycles. The van der Waals surface area contributed by atoms with E-state index in [1.165, 1.54) is 0 Å². The molecule has 0 saturated carbocycles. The van der Waals surface area contributed by atoms with Crippen molar-refractivity contribution in [3.8, 4) is 5.75 Å². The van der Waals surface area contributed by atoms with Crippen molar-refractivity contribution in [2.75, 3.05) is 13.1 Å². The molecule has 5 heteroatoms. The number of nitrogens with one attached hydrogen (secondary N) is 1. The standard InChI is InChI=1S/C10H10ClF2NO/c1-10(4-14-5-10)15-9-7(13)3-2-6(12)8(9)11/h2-3,14H,4-5H2,1H3. The molecule has 0 amide bonds. The highest BCUT2D eigenvalue weighted by atomic mass is 35.5. The third-order valence-corrected chi connectivity index (χ3v) is 2.70. The summed E-state index contributed by atoms with van der Waals surface area (Å²) in [4.78, 5) is 0. The lowest BCUT2D eigenvalue weighted by atomic mass is 10.00. The summed E-state index contributed by atoms with van der Waals surface area (Å²) in [6.07, 6.45) is 0. The summed E-state index contributed by atoms with van der Waals surface area (Å²) in [6, 6.07) is 1.98. The summed E-state index contributed by atoms with van der Waals surface area (Å²) < 4.78 is 31.8. The average molecular weight is 234 g/mol. The molecule has 15 heavy (non-hydrogen) atoms. The van der Waals surface area contributed by atoms with Crippen LogP contribution in [0.5, 0.6) is 5.75 Å². The Morgan fingerprint density at radius 2 is 1.93 bits per heavy atom. The summed E-state index contributed by atoms with van der Waals surface area (Å²) in [5.74, 6) is -1.53. The molecule has 1 fully saturated rings. The van der Waals surface area contributed by atoms with E-state index in [9.17, 15) is 8.78 Å². The lowest BCUT2D eigenvalue weighted by molar-refractivity contribution is 0.0309. The molecule has 0 aliphatic carbocycles. The maximum atomic E-state index is 13.3. The Balaban J connectivity index is 2.30. The molecule has 0 spiro atoms.